The Morgan fingerprint density at radius 3 is 2.73 bits per heavy atom. The molecule has 7 heteroatoms. The minimum absolute atomic E-state index is 0.0863. The van der Waals surface area contributed by atoms with Crippen LogP contribution >= 0.6 is 11.6 Å². The number of Topliss-reactive ketones (excluding diaryl/α,β-unsaturated/α-hetero) is 1. The number of aryl methyl sites for hydroxylation is 1. The highest BCUT2D eigenvalue weighted by atomic mass is 35.5. The summed E-state index contributed by atoms with van der Waals surface area (Å²) >= 11 is 6.21. The molecule has 1 unspecified atom stereocenters. The monoisotopic (exact) mass is 418 g/mol. The van der Waals surface area contributed by atoms with Crippen LogP contribution in [0.15, 0.2) is 48.5 Å². The molecule has 0 saturated carbocycles. The lowest BCUT2D eigenvalue weighted by Gasteiger charge is -2.23. The molecule has 1 atom stereocenters. The molecule has 150 valence electrons. The minimum Gasteiger partial charge on any atom is -0.508 e. The number of rotatable bonds is 3. The molecule has 2 aromatic carbocycles. The Kier molecular flexibility index (Phi) is 4.51. The van der Waals surface area contributed by atoms with Crippen LogP contribution in [0.5, 0.6) is 5.75 Å². The average molecular weight is 419 g/mol. The number of aromatic nitrogens is 4. The van der Waals surface area contributed by atoms with Crippen molar-refractivity contribution in [2.75, 3.05) is 0 Å². The molecule has 6 nitrogen and oxygen atoms in total. The second kappa shape index (κ2) is 7.22. The summed E-state index contributed by atoms with van der Waals surface area (Å²) in [6.07, 6.45) is 1.54. The molecule has 2 heterocycles. The molecule has 1 aliphatic carbocycles. The highest BCUT2D eigenvalue weighted by Gasteiger charge is 2.32. The molecule has 0 bridgehead atoms. The highest BCUT2D eigenvalue weighted by molar-refractivity contribution is 6.30. The number of ketones is 1. The molecule has 0 saturated heterocycles. The zero-order valence-corrected chi connectivity index (χ0v) is 17.1. The molecule has 1 aliphatic rings. The molecule has 5 rings (SSSR count). The summed E-state index contributed by atoms with van der Waals surface area (Å²) in [5.41, 5.74) is 5.13. The number of fused-ring (bicyclic) bond motifs is 3. The number of hydrogen-bond donors (Lipinski definition) is 1. The fourth-order valence-electron chi connectivity index (χ4n) is 4.25. The van der Waals surface area contributed by atoms with E-state index in [1.165, 1.54) is 0 Å². The summed E-state index contributed by atoms with van der Waals surface area (Å²) in [5.74, 6) is -0.0226. The van der Waals surface area contributed by atoms with Gasteiger partial charge in [0.15, 0.2) is 17.1 Å². The topological polar surface area (TPSA) is 80.4 Å². The Morgan fingerprint density at radius 1 is 1.13 bits per heavy atom. The van der Waals surface area contributed by atoms with Crippen molar-refractivity contribution in [3.8, 4) is 16.9 Å². The van der Waals surface area contributed by atoms with Gasteiger partial charge in [0.1, 0.15) is 5.75 Å². The Bertz CT molecular complexity index is 1300. The highest BCUT2D eigenvalue weighted by Crippen LogP contribution is 2.37. The predicted octanol–water partition coefficient (Wildman–Crippen LogP) is 4.63. The number of aromatic hydroxyl groups is 1. The Hall–Kier alpha value is -3.25. The van der Waals surface area contributed by atoms with Gasteiger partial charge in [-0.05, 0) is 42.2 Å². The molecular weight excluding hydrogens is 400 g/mol. The van der Waals surface area contributed by atoms with E-state index in [4.69, 9.17) is 16.7 Å². The summed E-state index contributed by atoms with van der Waals surface area (Å²) in [5, 5.41) is 24.4. The molecule has 0 spiro atoms. The third kappa shape index (κ3) is 2.95. The van der Waals surface area contributed by atoms with Crippen LogP contribution < -0.4 is 0 Å². The molecule has 0 radical (unpaired) electrons. The van der Waals surface area contributed by atoms with Crippen LogP contribution in [-0.4, -0.2) is 30.7 Å². The maximum Gasteiger partial charge on any atom is 0.185 e. The van der Waals surface area contributed by atoms with Crippen LogP contribution in [0.4, 0.5) is 0 Å². The van der Waals surface area contributed by atoms with Gasteiger partial charge in [0, 0.05) is 17.4 Å². The summed E-state index contributed by atoms with van der Waals surface area (Å²) in [7, 11) is 0. The Balaban J connectivity index is 1.70. The van der Waals surface area contributed by atoms with E-state index < -0.39 is 0 Å². The van der Waals surface area contributed by atoms with Gasteiger partial charge < -0.3 is 5.11 Å². The fraction of sp³-hybridized carbons (Fsp3) is 0.217. The van der Waals surface area contributed by atoms with Crippen molar-refractivity contribution < 1.29 is 9.90 Å². The second-order valence-electron chi connectivity index (χ2n) is 7.50. The lowest BCUT2D eigenvalue weighted by Crippen LogP contribution is -2.24. The molecule has 4 aromatic rings. The van der Waals surface area contributed by atoms with Gasteiger partial charge in [-0.15, -0.1) is 10.2 Å². The van der Waals surface area contributed by atoms with E-state index in [1.54, 1.807) is 16.6 Å². The largest absolute Gasteiger partial charge is 0.508 e. The lowest BCUT2D eigenvalue weighted by molar-refractivity contribution is 0.0955. The number of carbonyl (C=O) groups excluding carboxylic acids is 1. The van der Waals surface area contributed by atoms with Gasteiger partial charge in [-0.2, -0.15) is 5.10 Å². The molecular formula is C23H19ClN4O2. The van der Waals surface area contributed by atoms with E-state index >= 15 is 0 Å². The van der Waals surface area contributed by atoms with Crippen molar-refractivity contribution in [1.29, 1.82) is 0 Å². The number of phenolic OH excluding ortho intramolecular Hbond substituents is 1. The van der Waals surface area contributed by atoms with E-state index in [0.29, 0.717) is 29.2 Å². The minimum atomic E-state index is -0.137. The van der Waals surface area contributed by atoms with Crippen LogP contribution in [0.1, 0.15) is 46.7 Å². The van der Waals surface area contributed by atoms with Crippen molar-refractivity contribution in [3.63, 3.8) is 0 Å². The number of para-hydroxylation sites is 1. The van der Waals surface area contributed by atoms with Crippen LogP contribution in [0.2, 0.25) is 5.02 Å². The lowest BCUT2D eigenvalue weighted by atomic mass is 9.83. The normalized spacial score (nSPS) is 16.1. The Morgan fingerprint density at radius 2 is 1.97 bits per heavy atom. The molecule has 2 aromatic heterocycles. The fourth-order valence-corrected chi connectivity index (χ4v) is 4.44. The number of halogens is 1. The standard InChI is InChI=1S/C23H19ClN4O2/c1-2-17-21(13-6-5-7-15(24)10-13)23-26-25-22-18(28(23)27-17)11-14(12-20(22)30)16-8-3-4-9-19(16)29/h3-10,14,29H,2,11-12H2,1H3. The van der Waals surface area contributed by atoms with Crippen LogP contribution in [0.25, 0.3) is 16.8 Å². The van der Waals surface area contributed by atoms with Crippen LogP contribution in [-0.2, 0) is 12.8 Å². The number of nitrogens with zero attached hydrogens (tertiary/aromatic N) is 4. The van der Waals surface area contributed by atoms with E-state index in [-0.39, 0.29) is 23.9 Å². The first-order chi connectivity index (χ1) is 14.6. The number of benzene rings is 2. The SMILES string of the molecule is CCc1nn2c3c(nnc2c1-c1cccc(Cl)c1)C(=O)CC(c1ccccc1O)C3. The zero-order chi connectivity index (χ0) is 20.8. The van der Waals surface area contributed by atoms with Gasteiger partial charge in [0.25, 0.3) is 0 Å². The smallest absolute Gasteiger partial charge is 0.185 e. The molecule has 0 amide bonds. The van der Waals surface area contributed by atoms with E-state index in [9.17, 15) is 9.90 Å². The van der Waals surface area contributed by atoms with Crippen molar-refractivity contribution in [2.45, 2.75) is 32.1 Å². The second-order valence-corrected chi connectivity index (χ2v) is 7.94. The number of carbonyl (C=O) groups is 1. The third-order valence-corrected chi connectivity index (χ3v) is 5.90. The maximum atomic E-state index is 12.9. The first-order valence-corrected chi connectivity index (χ1v) is 10.3. The van der Waals surface area contributed by atoms with Crippen LogP contribution in [0, 0.1) is 0 Å². The average Bonchev–Trinajstić information content (AvgIpc) is 3.13. The van der Waals surface area contributed by atoms with Gasteiger partial charge in [0.05, 0.1) is 17.0 Å². The molecule has 30 heavy (non-hydrogen) atoms. The van der Waals surface area contributed by atoms with Gasteiger partial charge in [-0.1, -0.05) is 48.9 Å². The van der Waals surface area contributed by atoms with Gasteiger partial charge in [-0.25, -0.2) is 4.52 Å². The first kappa shape index (κ1) is 18.8. The van der Waals surface area contributed by atoms with E-state index in [2.05, 4.69) is 10.2 Å². The van der Waals surface area contributed by atoms with Crippen molar-refractivity contribution in [3.05, 3.63) is 76.2 Å². The van der Waals surface area contributed by atoms with E-state index in [1.807, 2.05) is 43.3 Å². The predicted molar refractivity (Wildman–Crippen MR) is 114 cm³/mol. The first-order valence-electron chi connectivity index (χ1n) is 9.91. The van der Waals surface area contributed by atoms with Crippen molar-refractivity contribution in [1.82, 2.24) is 19.8 Å². The maximum absolute atomic E-state index is 12.9. The molecule has 1 N–H and O–H groups in total. The summed E-state index contributed by atoms with van der Waals surface area (Å²) in [6.45, 7) is 2.03. The van der Waals surface area contributed by atoms with Gasteiger partial charge in [-0.3, -0.25) is 4.79 Å². The van der Waals surface area contributed by atoms with Crippen molar-refractivity contribution in [2.24, 2.45) is 0 Å². The zero-order valence-electron chi connectivity index (χ0n) is 16.3. The number of phenols is 1. The summed E-state index contributed by atoms with van der Waals surface area (Å²) < 4.78 is 1.75. The van der Waals surface area contributed by atoms with Gasteiger partial charge >= 0.3 is 0 Å². The van der Waals surface area contributed by atoms with E-state index in [0.717, 1.165) is 28.1 Å². The Labute approximate surface area is 178 Å². The van der Waals surface area contributed by atoms with Crippen molar-refractivity contribution >= 4 is 23.0 Å². The number of hydrogen-bond acceptors (Lipinski definition) is 5. The third-order valence-electron chi connectivity index (χ3n) is 5.67. The molecule has 0 fully saturated rings. The molecule has 0 aliphatic heterocycles. The summed E-state index contributed by atoms with van der Waals surface area (Å²) in [4.78, 5) is 12.9. The summed E-state index contributed by atoms with van der Waals surface area (Å²) in [6, 6.07) is 14.7. The van der Waals surface area contributed by atoms with Gasteiger partial charge in [0.2, 0.25) is 0 Å². The van der Waals surface area contributed by atoms with Crippen LogP contribution in [0.3, 0.4) is 0 Å². The quantitative estimate of drug-likeness (QED) is 0.524.